The van der Waals surface area contributed by atoms with Gasteiger partial charge in [-0.15, -0.1) is 0 Å². The van der Waals surface area contributed by atoms with Crippen molar-refractivity contribution in [3.8, 4) is 0 Å². The summed E-state index contributed by atoms with van der Waals surface area (Å²) >= 11 is 6.08. The summed E-state index contributed by atoms with van der Waals surface area (Å²) in [7, 11) is 0. The van der Waals surface area contributed by atoms with Crippen LogP contribution in [0.25, 0.3) is 0 Å². The number of benzene rings is 1. The van der Waals surface area contributed by atoms with Gasteiger partial charge in [-0.2, -0.15) is 0 Å². The molecular formula is C20H22ClNO2. The van der Waals surface area contributed by atoms with Gasteiger partial charge in [0.15, 0.2) is 0 Å². The van der Waals surface area contributed by atoms with Crippen LogP contribution in [-0.4, -0.2) is 11.8 Å². The van der Waals surface area contributed by atoms with Crippen molar-refractivity contribution in [1.82, 2.24) is 0 Å². The number of hydrogen-bond acceptors (Lipinski definition) is 2. The first-order valence-corrected chi connectivity index (χ1v) is 9.02. The minimum absolute atomic E-state index is 0.0590. The third-order valence-corrected chi connectivity index (χ3v) is 6.84. The van der Waals surface area contributed by atoms with Crippen LogP contribution in [0.3, 0.4) is 0 Å². The summed E-state index contributed by atoms with van der Waals surface area (Å²) in [6.45, 7) is 6.45. The smallest absolute Gasteiger partial charge is 0.238 e. The largest absolute Gasteiger partial charge is 0.274 e. The molecule has 2 bridgehead atoms. The van der Waals surface area contributed by atoms with Gasteiger partial charge >= 0.3 is 0 Å². The fraction of sp³-hybridized carbons (Fsp3) is 0.500. The number of amides is 2. The van der Waals surface area contributed by atoms with Gasteiger partial charge in [0, 0.05) is 10.4 Å². The third-order valence-electron chi connectivity index (χ3n) is 6.61. The van der Waals surface area contributed by atoms with E-state index < -0.39 is 0 Å². The van der Waals surface area contributed by atoms with Crippen LogP contribution >= 0.6 is 11.6 Å². The molecule has 1 aromatic rings. The Balaban J connectivity index is 1.86. The third kappa shape index (κ3) is 1.85. The first-order chi connectivity index (χ1) is 11.3. The average Bonchev–Trinajstić information content (AvgIpc) is 2.82. The molecule has 1 aromatic carbocycles. The summed E-state index contributed by atoms with van der Waals surface area (Å²) in [4.78, 5) is 28.0. The van der Waals surface area contributed by atoms with Crippen molar-refractivity contribution in [3.63, 3.8) is 0 Å². The molecule has 0 N–H and O–H groups in total. The van der Waals surface area contributed by atoms with E-state index >= 15 is 0 Å². The van der Waals surface area contributed by atoms with Gasteiger partial charge < -0.3 is 0 Å². The van der Waals surface area contributed by atoms with Crippen molar-refractivity contribution in [3.05, 3.63) is 41.4 Å². The van der Waals surface area contributed by atoms with Crippen molar-refractivity contribution in [2.45, 2.75) is 33.6 Å². The van der Waals surface area contributed by atoms with Crippen molar-refractivity contribution >= 4 is 29.1 Å². The second-order valence-corrected chi connectivity index (χ2v) is 8.49. The molecule has 3 aliphatic carbocycles. The molecule has 3 nitrogen and oxygen atoms in total. The van der Waals surface area contributed by atoms with Crippen LogP contribution in [0, 0.1) is 28.6 Å². The lowest BCUT2D eigenvalue weighted by molar-refractivity contribution is -0.135. The number of fused-ring (bicyclic) bond motifs is 1. The summed E-state index contributed by atoms with van der Waals surface area (Å²) in [5, 5.41) is 0.536. The average molecular weight is 344 g/mol. The van der Waals surface area contributed by atoms with Crippen molar-refractivity contribution in [2.24, 2.45) is 28.6 Å². The van der Waals surface area contributed by atoms with Gasteiger partial charge in [0.05, 0.1) is 17.5 Å². The lowest BCUT2D eigenvalue weighted by Gasteiger charge is -2.55. The van der Waals surface area contributed by atoms with E-state index in [-0.39, 0.29) is 34.5 Å². The van der Waals surface area contributed by atoms with Gasteiger partial charge in [-0.3, -0.25) is 9.59 Å². The number of imide groups is 1. The minimum Gasteiger partial charge on any atom is -0.274 e. The highest BCUT2D eigenvalue weighted by molar-refractivity contribution is 6.31. The lowest BCUT2D eigenvalue weighted by Crippen LogP contribution is -2.53. The standard InChI is InChI=1S/C20H22ClNO2/c1-12(2)20-9-7-19(3,8-10-20)15-16(20)18(24)22(17(15)23)14-6-4-5-13(21)11-14/h4-7,9,11-12,15-16H,8,10H2,1-3H3/t15-,16+,19-,20+/m0/s1. The normalized spacial score (nSPS) is 37.5. The zero-order valence-electron chi connectivity index (χ0n) is 14.3. The Morgan fingerprint density at radius 3 is 2.42 bits per heavy atom. The van der Waals surface area contributed by atoms with Crippen LogP contribution in [-0.2, 0) is 9.59 Å². The Morgan fingerprint density at radius 2 is 1.83 bits per heavy atom. The van der Waals surface area contributed by atoms with Crippen LogP contribution in [0.1, 0.15) is 33.6 Å². The minimum atomic E-state index is -0.259. The highest BCUT2D eigenvalue weighted by Crippen LogP contribution is 2.64. The Labute approximate surface area is 147 Å². The van der Waals surface area contributed by atoms with Gasteiger partial charge in [-0.25, -0.2) is 4.90 Å². The maximum Gasteiger partial charge on any atom is 0.238 e. The first-order valence-electron chi connectivity index (χ1n) is 8.64. The van der Waals surface area contributed by atoms with E-state index in [2.05, 4.69) is 32.9 Å². The number of anilines is 1. The van der Waals surface area contributed by atoms with E-state index in [1.54, 1.807) is 24.3 Å². The number of carbonyl (C=O) groups excluding carboxylic acids is 2. The molecule has 2 fully saturated rings. The van der Waals surface area contributed by atoms with E-state index in [1.807, 2.05) is 0 Å². The number of allylic oxidation sites excluding steroid dienone is 2. The summed E-state index contributed by atoms with van der Waals surface area (Å²) in [6.07, 6.45) is 6.37. The molecule has 0 unspecified atom stereocenters. The van der Waals surface area contributed by atoms with Crippen LogP contribution in [0.4, 0.5) is 5.69 Å². The van der Waals surface area contributed by atoms with Crippen LogP contribution in [0.5, 0.6) is 0 Å². The molecule has 1 aliphatic heterocycles. The lowest BCUT2D eigenvalue weighted by atomic mass is 9.46. The first kappa shape index (κ1) is 15.9. The zero-order chi connectivity index (χ0) is 17.3. The number of hydrogen-bond donors (Lipinski definition) is 0. The summed E-state index contributed by atoms with van der Waals surface area (Å²) in [5.74, 6) is -0.319. The van der Waals surface area contributed by atoms with Crippen LogP contribution < -0.4 is 4.90 Å². The Morgan fingerprint density at radius 1 is 1.12 bits per heavy atom. The molecule has 1 saturated heterocycles. The Bertz CT molecular complexity index is 771. The maximum absolute atomic E-state index is 13.3. The van der Waals surface area contributed by atoms with Crippen molar-refractivity contribution < 1.29 is 9.59 Å². The van der Waals surface area contributed by atoms with E-state index in [1.165, 1.54) is 4.90 Å². The quantitative estimate of drug-likeness (QED) is 0.587. The van der Waals surface area contributed by atoms with Gasteiger partial charge in [0.2, 0.25) is 11.8 Å². The molecule has 0 aromatic heterocycles. The van der Waals surface area contributed by atoms with Crippen molar-refractivity contribution in [1.29, 1.82) is 0 Å². The molecule has 4 atom stereocenters. The SMILES string of the molecule is CC(C)[C@@]12C=C[C@@](C)(CC1)[C@@H]1C(=O)N(c3cccc(Cl)c3)C(=O)[C@@H]12. The predicted molar refractivity (Wildman–Crippen MR) is 94.7 cm³/mol. The molecule has 1 heterocycles. The van der Waals surface area contributed by atoms with Crippen LogP contribution in [0.15, 0.2) is 36.4 Å². The molecular weight excluding hydrogens is 322 g/mol. The highest BCUT2D eigenvalue weighted by atomic mass is 35.5. The highest BCUT2D eigenvalue weighted by Gasteiger charge is 2.67. The van der Waals surface area contributed by atoms with Gasteiger partial charge in [0.1, 0.15) is 0 Å². The van der Waals surface area contributed by atoms with Gasteiger partial charge in [-0.1, -0.05) is 50.6 Å². The molecule has 0 spiro atoms. The molecule has 4 heteroatoms. The summed E-state index contributed by atoms with van der Waals surface area (Å²) in [5.41, 5.74) is 0.165. The number of carbonyl (C=O) groups is 2. The number of rotatable bonds is 2. The van der Waals surface area contributed by atoms with E-state index in [0.29, 0.717) is 16.6 Å². The topological polar surface area (TPSA) is 37.4 Å². The second kappa shape index (κ2) is 4.95. The molecule has 2 amide bonds. The zero-order valence-corrected chi connectivity index (χ0v) is 15.0. The summed E-state index contributed by atoms with van der Waals surface area (Å²) in [6, 6.07) is 7.03. The Hall–Kier alpha value is -1.61. The molecule has 4 aliphatic rings. The molecule has 1 saturated carbocycles. The van der Waals surface area contributed by atoms with E-state index in [4.69, 9.17) is 11.6 Å². The van der Waals surface area contributed by atoms with E-state index in [0.717, 1.165) is 12.8 Å². The fourth-order valence-corrected chi connectivity index (χ4v) is 5.29. The van der Waals surface area contributed by atoms with Crippen LogP contribution in [0.2, 0.25) is 5.02 Å². The fourth-order valence-electron chi connectivity index (χ4n) is 5.10. The summed E-state index contributed by atoms with van der Waals surface area (Å²) < 4.78 is 0. The number of nitrogens with zero attached hydrogens (tertiary/aromatic N) is 1. The maximum atomic E-state index is 13.3. The Kier molecular flexibility index (Phi) is 3.28. The number of halogens is 1. The predicted octanol–water partition coefficient (Wildman–Crippen LogP) is 4.46. The van der Waals surface area contributed by atoms with Gasteiger partial charge in [-0.05, 0) is 42.4 Å². The van der Waals surface area contributed by atoms with E-state index in [9.17, 15) is 9.59 Å². The monoisotopic (exact) mass is 343 g/mol. The molecule has 5 rings (SSSR count). The molecule has 0 radical (unpaired) electrons. The second-order valence-electron chi connectivity index (χ2n) is 8.05. The van der Waals surface area contributed by atoms with Gasteiger partial charge in [0.25, 0.3) is 0 Å². The molecule has 126 valence electrons. The molecule has 24 heavy (non-hydrogen) atoms. The van der Waals surface area contributed by atoms with Crippen molar-refractivity contribution in [2.75, 3.05) is 4.90 Å².